The van der Waals surface area contributed by atoms with Crippen molar-refractivity contribution in [2.24, 2.45) is 5.92 Å². The fourth-order valence-electron chi connectivity index (χ4n) is 2.64. The minimum atomic E-state index is 0.337. The molecule has 2 nitrogen and oxygen atoms in total. The van der Waals surface area contributed by atoms with E-state index in [4.69, 9.17) is 4.74 Å². The summed E-state index contributed by atoms with van der Waals surface area (Å²) in [5.41, 5.74) is 0.337. The van der Waals surface area contributed by atoms with E-state index in [9.17, 15) is 0 Å². The number of hydrogen-bond acceptors (Lipinski definition) is 2. The second kappa shape index (κ2) is 3.58. The van der Waals surface area contributed by atoms with Crippen molar-refractivity contribution in [2.75, 3.05) is 13.2 Å². The number of ether oxygens (including phenoxy) is 1. The first-order valence-electron chi connectivity index (χ1n) is 5.56. The first kappa shape index (κ1) is 9.47. The van der Waals surface area contributed by atoms with E-state index in [-0.39, 0.29) is 0 Å². The maximum atomic E-state index is 5.65. The summed E-state index contributed by atoms with van der Waals surface area (Å²) >= 11 is 0. The van der Waals surface area contributed by atoms with Gasteiger partial charge in [-0.05, 0) is 38.5 Å². The van der Waals surface area contributed by atoms with Crippen LogP contribution in [0.3, 0.4) is 0 Å². The average molecular weight is 183 g/mol. The SMILES string of the molecule is CC1CCC2(CC1)COC[C@H](C)N2. The van der Waals surface area contributed by atoms with Gasteiger partial charge in [-0.2, -0.15) is 0 Å². The highest BCUT2D eigenvalue weighted by molar-refractivity contribution is 4.95. The number of nitrogens with one attached hydrogen (secondary N) is 1. The minimum Gasteiger partial charge on any atom is -0.378 e. The first-order chi connectivity index (χ1) is 6.20. The molecule has 1 spiro atoms. The molecule has 1 atom stereocenters. The third-order valence-electron chi connectivity index (χ3n) is 3.53. The van der Waals surface area contributed by atoms with E-state index in [1.165, 1.54) is 25.7 Å². The van der Waals surface area contributed by atoms with Gasteiger partial charge in [0.05, 0.1) is 13.2 Å². The molecule has 0 unspecified atom stereocenters. The molecule has 13 heavy (non-hydrogen) atoms. The second-order valence-corrected chi connectivity index (χ2v) is 5.02. The Bertz CT molecular complexity index is 173. The maximum Gasteiger partial charge on any atom is 0.0649 e. The molecule has 2 rings (SSSR count). The molecule has 1 saturated heterocycles. The van der Waals surface area contributed by atoms with Gasteiger partial charge in [-0.15, -0.1) is 0 Å². The van der Waals surface area contributed by atoms with Crippen molar-refractivity contribution in [1.29, 1.82) is 0 Å². The molecule has 1 saturated carbocycles. The van der Waals surface area contributed by atoms with Crippen LogP contribution < -0.4 is 5.32 Å². The highest BCUT2D eigenvalue weighted by Gasteiger charge is 2.37. The van der Waals surface area contributed by atoms with Crippen molar-refractivity contribution in [1.82, 2.24) is 5.32 Å². The van der Waals surface area contributed by atoms with E-state index in [1.807, 2.05) is 0 Å². The van der Waals surface area contributed by atoms with Crippen LogP contribution in [-0.4, -0.2) is 24.8 Å². The lowest BCUT2D eigenvalue weighted by Gasteiger charge is -2.45. The Labute approximate surface area is 81.0 Å². The van der Waals surface area contributed by atoms with Crippen LogP contribution in [0.25, 0.3) is 0 Å². The Balaban J connectivity index is 1.95. The Hall–Kier alpha value is -0.0800. The molecule has 2 aliphatic rings. The lowest BCUT2D eigenvalue weighted by Crippen LogP contribution is -2.59. The standard InChI is InChI=1S/C11H21NO/c1-9-3-5-11(6-4-9)8-13-7-10(2)12-11/h9-10,12H,3-8H2,1-2H3/t9?,10-,11?/m0/s1. The summed E-state index contributed by atoms with van der Waals surface area (Å²) in [4.78, 5) is 0. The van der Waals surface area contributed by atoms with Gasteiger partial charge in [0.15, 0.2) is 0 Å². The molecule has 76 valence electrons. The third-order valence-corrected chi connectivity index (χ3v) is 3.53. The molecule has 0 aromatic carbocycles. The predicted octanol–water partition coefficient (Wildman–Crippen LogP) is 1.94. The van der Waals surface area contributed by atoms with Crippen LogP contribution in [0, 0.1) is 5.92 Å². The molecule has 0 aromatic heterocycles. The Morgan fingerprint density at radius 2 is 1.92 bits per heavy atom. The molecule has 2 heteroatoms. The molecular formula is C11H21NO. The van der Waals surface area contributed by atoms with Crippen LogP contribution in [0.1, 0.15) is 39.5 Å². The van der Waals surface area contributed by atoms with E-state index < -0.39 is 0 Å². The molecule has 2 fully saturated rings. The van der Waals surface area contributed by atoms with Gasteiger partial charge in [0.2, 0.25) is 0 Å². The number of rotatable bonds is 0. The van der Waals surface area contributed by atoms with Crippen molar-refractivity contribution < 1.29 is 4.74 Å². The van der Waals surface area contributed by atoms with Crippen molar-refractivity contribution >= 4 is 0 Å². The van der Waals surface area contributed by atoms with Gasteiger partial charge in [0.1, 0.15) is 0 Å². The van der Waals surface area contributed by atoms with E-state index in [0.717, 1.165) is 19.1 Å². The molecule has 1 aliphatic heterocycles. The maximum absolute atomic E-state index is 5.65. The summed E-state index contributed by atoms with van der Waals surface area (Å²) in [5.74, 6) is 0.921. The van der Waals surface area contributed by atoms with Crippen molar-refractivity contribution in [2.45, 2.75) is 51.1 Å². The largest absolute Gasteiger partial charge is 0.378 e. The normalized spacial score (nSPS) is 46.6. The molecule has 0 bridgehead atoms. The quantitative estimate of drug-likeness (QED) is 0.619. The van der Waals surface area contributed by atoms with Gasteiger partial charge in [-0.1, -0.05) is 6.92 Å². The van der Waals surface area contributed by atoms with Gasteiger partial charge in [-0.25, -0.2) is 0 Å². The van der Waals surface area contributed by atoms with Crippen molar-refractivity contribution in [3.05, 3.63) is 0 Å². The van der Waals surface area contributed by atoms with Crippen LogP contribution in [0.2, 0.25) is 0 Å². The molecule has 0 radical (unpaired) electrons. The number of morpholine rings is 1. The molecule has 1 N–H and O–H groups in total. The summed E-state index contributed by atoms with van der Waals surface area (Å²) < 4.78 is 5.65. The highest BCUT2D eigenvalue weighted by Crippen LogP contribution is 2.33. The fourth-order valence-corrected chi connectivity index (χ4v) is 2.64. The molecule has 0 aromatic rings. The van der Waals surface area contributed by atoms with Crippen molar-refractivity contribution in [3.63, 3.8) is 0 Å². The minimum absolute atomic E-state index is 0.337. The van der Waals surface area contributed by atoms with Crippen LogP contribution in [-0.2, 0) is 4.74 Å². The van der Waals surface area contributed by atoms with Gasteiger partial charge >= 0.3 is 0 Å². The third kappa shape index (κ3) is 2.05. The van der Waals surface area contributed by atoms with E-state index in [1.54, 1.807) is 0 Å². The lowest BCUT2D eigenvalue weighted by atomic mass is 9.76. The fraction of sp³-hybridized carbons (Fsp3) is 1.00. The monoisotopic (exact) mass is 183 g/mol. The molecule has 1 heterocycles. The predicted molar refractivity (Wildman–Crippen MR) is 53.8 cm³/mol. The summed E-state index contributed by atoms with van der Waals surface area (Å²) in [7, 11) is 0. The van der Waals surface area contributed by atoms with Gasteiger partial charge in [0, 0.05) is 11.6 Å². The van der Waals surface area contributed by atoms with Gasteiger partial charge in [0.25, 0.3) is 0 Å². The van der Waals surface area contributed by atoms with E-state index >= 15 is 0 Å². The van der Waals surface area contributed by atoms with Gasteiger partial charge in [-0.3, -0.25) is 0 Å². The second-order valence-electron chi connectivity index (χ2n) is 5.02. The molecular weight excluding hydrogens is 162 g/mol. The van der Waals surface area contributed by atoms with Crippen LogP contribution in [0.15, 0.2) is 0 Å². The number of hydrogen-bond donors (Lipinski definition) is 1. The smallest absolute Gasteiger partial charge is 0.0649 e. The van der Waals surface area contributed by atoms with Crippen LogP contribution in [0.4, 0.5) is 0 Å². The summed E-state index contributed by atoms with van der Waals surface area (Å²) in [6, 6.07) is 0.544. The zero-order valence-corrected chi connectivity index (χ0v) is 8.81. The summed E-state index contributed by atoms with van der Waals surface area (Å²) in [6.07, 6.45) is 5.34. The van der Waals surface area contributed by atoms with E-state index in [0.29, 0.717) is 11.6 Å². The van der Waals surface area contributed by atoms with E-state index in [2.05, 4.69) is 19.2 Å². The zero-order valence-electron chi connectivity index (χ0n) is 8.81. The average Bonchev–Trinajstić information content (AvgIpc) is 2.11. The van der Waals surface area contributed by atoms with Gasteiger partial charge < -0.3 is 10.1 Å². The zero-order chi connectivity index (χ0) is 9.31. The Kier molecular flexibility index (Phi) is 2.61. The molecule has 0 amide bonds. The lowest BCUT2D eigenvalue weighted by molar-refractivity contribution is -0.0184. The van der Waals surface area contributed by atoms with Crippen molar-refractivity contribution in [3.8, 4) is 0 Å². The van der Waals surface area contributed by atoms with Crippen LogP contribution >= 0.6 is 0 Å². The Morgan fingerprint density at radius 1 is 1.23 bits per heavy atom. The van der Waals surface area contributed by atoms with Crippen LogP contribution in [0.5, 0.6) is 0 Å². The molecule has 1 aliphatic carbocycles. The summed E-state index contributed by atoms with van der Waals surface area (Å²) in [6.45, 7) is 6.40. The summed E-state index contributed by atoms with van der Waals surface area (Å²) in [5, 5.41) is 3.73. The topological polar surface area (TPSA) is 21.3 Å². The highest BCUT2D eigenvalue weighted by atomic mass is 16.5. The first-order valence-corrected chi connectivity index (χ1v) is 5.56. The Morgan fingerprint density at radius 3 is 2.54 bits per heavy atom.